The Morgan fingerprint density at radius 3 is 2.55 bits per heavy atom. The van der Waals surface area contributed by atoms with Gasteiger partial charge in [0.25, 0.3) is 0 Å². The third kappa shape index (κ3) is 2.65. The molecule has 3 rings (SSSR count). The summed E-state index contributed by atoms with van der Waals surface area (Å²) in [4.78, 5) is 5.56. The normalized spacial score (nSPS) is 38.9. The zero-order valence-corrected chi connectivity index (χ0v) is 13.6. The van der Waals surface area contributed by atoms with Crippen LogP contribution in [0.4, 0.5) is 0 Å². The van der Waals surface area contributed by atoms with Gasteiger partial charge in [0.1, 0.15) is 0 Å². The van der Waals surface area contributed by atoms with Gasteiger partial charge in [-0.05, 0) is 52.2 Å². The van der Waals surface area contributed by atoms with Crippen LogP contribution in [0.2, 0.25) is 0 Å². The summed E-state index contributed by atoms with van der Waals surface area (Å²) in [6, 6.07) is 1.56. The molecule has 0 bridgehead atoms. The minimum absolute atomic E-state index is 0.333. The van der Waals surface area contributed by atoms with E-state index in [2.05, 4.69) is 30.6 Å². The molecule has 0 aromatic rings. The quantitative estimate of drug-likeness (QED) is 0.790. The van der Waals surface area contributed by atoms with Crippen molar-refractivity contribution in [3.05, 3.63) is 0 Å². The van der Waals surface area contributed by atoms with Crippen LogP contribution in [0.25, 0.3) is 0 Å². The monoisotopic (exact) mass is 280 g/mol. The van der Waals surface area contributed by atoms with E-state index in [1.54, 1.807) is 0 Å². The van der Waals surface area contributed by atoms with Crippen molar-refractivity contribution in [3.8, 4) is 0 Å². The number of hydrogen-bond donors (Lipinski definition) is 0. The number of fused-ring (bicyclic) bond motifs is 1. The first kappa shape index (κ1) is 14.8. The van der Waals surface area contributed by atoms with Crippen molar-refractivity contribution in [2.24, 2.45) is 5.41 Å². The van der Waals surface area contributed by atoms with Gasteiger partial charge < -0.3 is 4.74 Å². The lowest BCUT2D eigenvalue weighted by Gasteiger charge is -2.56. The van der Waals surface area contributed by atoms with Gasteiger partial charge in [-0.3, -0.25) is 9.80 Å². The van der Waals surface area contributed by atoms with Crippen LogP contribution in [0.1, 0.15) is 52.9 Å². The van der Waals surface area contributed by atoms with Crippen molar-refractivity contribution in [2.45, 2.75) is 71.1 Å². The van der Waals surface area contributed by atoms with Crippen LogP contribution in [0.5, 0.6) is 0 Å². The predicted octanol–water partition coefficient (Wildman–Crippen LogP) is 2.75. The topological polar surface area (TPSA) is 15.7 Å². The highest BCUT2D eigenvalue weighted by molar-refractivity contribution is 5.05. The summed E-state index contributed by atoms with van der Waals surface area (Å²) in [6.45, 7) is 13.0. The third-order valence-electron chi connectivity index (χ3n) is 6.02. The van der Waals surface area contributed by atoms with E-state index in [4.69, 9.17) is 4.74 Å². The van der Waals surface area contributed by atoms with Gasteiger partial charge in [-0.15, -0.1) is 0 Å². The van der Waals surface area contributed by atoms with Gasteiger partial charge in [-0.25, -0.2) is 0 Å². The lowest BCUT2D eigenvalue weighted by atomic mass is 9.63. The van der Waals surface area contributed by atoms with Crippen LogP contribution in [0.15, 0.2) is 0 Å². The molecular formula is C17H32N2O. The maximum atomic E-state index is 5.91. The molecule has 20 heavy (non-hydrogen) atoms. The van der Waals surface area contributed by atoms with E-state index >= 15 is 0 Å². The van der Waals surface area contributed by atoms with Crippen LogP contribution in [-0.2, 0) is 4.74 Å². The maximum Gasteiger partial charge on any atom is 0.0655 e. The molecule has 0 radical (unpaired) electrons. The fourth-order valence-corrected chi connectivity index (χ4v) is 4.65. The van der Waals surface area contributed by atoms with E-state index in [0.29, 0.717) is 11.5 Å². The molecule has 0 N–H and O–H groups in total. The zero-order chi connectivity index (χ0) is 14.2. The molecule has 2 heterocycles. The highest BCUT2D eigenvalue weighted by Crippen LogP contribution is 2.46. The zero-order valence-electron chi connectivity index (χ0n) is 13.6. The minimum atomic E-state index is 0.333. The summed E-state index contributed by atoms with van der Waals surface area (Å²) in [5, 5.41) is 0. The van der Waals surface area contributed by atoms with E-state index in [9.17, 15) is 0 Å². The summed E-state index contributed by atoms with van der Waals surface area (Å²) in [5.74, 6) is 0. The summed E-state index contributed by atoms with van der Waals surface area (Å²) in [6.07, 6.45) is 7.33. The third-order valence-corrected chi connectivity index (χ3v) is 6.02. The van der Waals surface area contributed by atoms with E-state index in [-0.39, 0.29) is 0 Å². The van der Waals surface area contributed by atoms with Crippen molar-refractivity contribution in [2.75, 3.05) is 32.8 Å². The molecule has 2 saturated heterocycles. The Bertz CT molecular complexity index is 331. The number of nitrogens with zero attached hydrogens (tertiary/aromatic N) is 2. The molecule has 1 saturated carbocycles. The first-order valence-electron chi connectivity index (χ1n) is 8.72. The highest BCUT2D eigenvalue weighted by Gasteiger charge is 2.51. The van der Waals surface area contributed by atoms with Crippen molar-refractivity contribution < 1.29 is 4.74 Å². The van der Waals surface area contributed by atoms with Gasteiger partial charge in [0.05, 0.1) is 6.10 Å². The van der Waals surface area contributed by atoms with Gasteiger partial charge in [-0.2, -0.15) is 0 Å². The Morgan fingerprint density at radius 2 is 1.80 bits per heavy atom. The summed E-state index contributed by atoms with van der Waals surface area (Å²) in [7, 11) is 0. The van der Waals surface area contributed by atoms with E-state index < -0.39 is 0 Å². The van der Waals surface area contributed by atoms with Crippen LogP contribution in [-0.4, -0.2) is 60.8 Å². The molecule has 0 amide bonds. The van der Waals surface area contributed by atoms with Gasteiger partial charge in [-0.1, -0.05) is 20.3 Å². The number of hydrogen-bond acceptors (Lipinski definition) is 3. The second-order valence-electron chi connectivity index (χ2n) is 7.55. The van der Waals surface area contributed by atoms with Crippen LogP contribution >= 0.6 is 0 Å². The molecule has 3 unspecified atom stereocenters. The second-order valence-corrected chi connectivity index (χ2v) is 7.55. The Labute approximate surface area is 124 Å². The van der Waals surface area contributed by atoms with Crippen molar-refractivity contribution in [3.63, 3.8) is 0 Å². The number of piperidine rings is 1. The first-order chi connectivity index (χ1) is 9.63. The fourth-order valence-electron chi connectivity index (χ4n) is 4.65. The van der Waals surface area contributed by atoms with E-state index in [1.165, 1.54) is 58.3 Å². The highest BCUT2D eigenvalue weighted by atomic mass is 16.5. The average molecular weight is 280 g/mol. The number of ether oxygens (including phenoxy) is 1. The molecule has 0 aromatic heterocycles. The summed E-state index contributed by atoms with van der Waals surface area (Å²) >= 11 is 0. The first-order valence-corrected chi connectivity index (χ1v) is 8.72. The van der Waals surface area contributed by atoms with Crippen LogP contribution in [0, 0.1) is 5.41 Å². The molecule has 116 valence electrons. The van der Waals surface area contributed by atoms with Gasteiger partial charge in [0.2, 0.25) is 0 Å². The van der Waals surface area contributed by atoms with Crippen molar-refractivity contribution >= 4 is 0 Å². The molecule has 0 aromatic carbocycles. The Hall–Kier alpha value is -0.120. The molecule has 3 nitrogen and oxygen atoms in total. The van der Waals surface area contributed by atoms with Crippen LogP contribution < -0.4 is 0 Å². The van der Waals surface area contributed by atoms with Crippen molar-refractivity contribution in [1.82, 2.24) is 9.80 Å². The standard InChI is InChI=1S/C17H32N2O/c1-4-20-16-12-15(17(16,2)3)19-11-7-10-18-9-6-5-8-14(18)13-19/h14-16H,4-13H2,1-3H3. The van der Waals surface area contributed by atoms with Crippen LogP contribution in [0.3, 0.4) is 0 Å². The summed E-state index contributed by atoms with van der Waals surface area (Å²) < 4.78 is 5.91. The minimum Gasteiger partial charge on any atom is -0.378 e. The Morgan fingerprint density at radius 1 is 1.05 bits per heavy atom. The number of rotatable bonds is 3. The van der Waals surface area contributed by atoms with E-state index in [0.717, 1.165) is 18.7 Å². The Balaban J connectivity index is 1.63. The SMILES string of the molecule is CCOC1CC(N2CCCN3CCCCC3C2)C1(C)C. The fraction of sp³-hybridized carbons (Fsp3) is 1.00. The molecule has 3 atom stereocenters. The van der Waals surface area contributed by atoms with Gasteiger partial charge in [0.15, 0.2) is 0 Å². The second kappa shape index (κ2) is 5.94. The molecule has 1 aliphatic carbocycles. The molecule has 3 aliphatic rings. The molecule has 3 heteroatoms. The summed E-state index contributed by atoms with van der Waals surface area (Å²) in [5.41, 5.74) is 0.333. The molecule has 2 aliphatic heterocycles. The van der Waals surface area contributed by atoms with Gasteiger partial charge in [0, 0.05) is 30.7 Å². The van der Waals surface area contributed by atoms with Crippen molar-refractivity contribution in [1.29, 1.82) is 0 Å². The van der Waals surface area contributed by atoms with E-state index in [1.807, 2.05) is 0 Å². The Kier molecular flexibility index (Phi) is 4.40. The molecule has 0 spiro atoms. The predicted molar refractivity (Wildman–Crippen MR) is 83.0 cm³/mol. The molecule has 3 fully saturated rings. The largest absolute Gasteiger partial charge is 0.378 e. The smallest absolute Gasteiger partial charge is 0.0655 e. The lowest BCUT2D eigenvalue weighted by Crippen LogP contribution is -2.63. The average Bonchev–Trinajstić information content (AvgIpc) is 2.64. The maximum absolute atomic E-state index is 5.91. The molecular weight excluding hydrogens is 248 g/mol. The lowest BCUT2D eigenvalue weighted by molar-refractivity contribution is -0.151. The van der Waals surface area contributed by atoms with Gasteiger partial charge >= 0.3 is 0 Å².